The summed E-state index contributed by atoms with van der Waals surface area (Å²) < 4.78 is 39.5. The molecule has 0 bridgehead atoms. The molecule has 1 aliphatic heterocycles. The molecule has 0 unspecified atom stereocenters. The number of rotatable bonds is 7. The zero-order valence-corrected chi connectivity index (χ0v) is 15.2. The highest BCUT2D eigenvalue weighted by molar-refractivity contribution is 7.90. The maximum Gasteiger partial charge on any atom is 0.285 e. The van der Waals surface area contributed by atoms with Gasteiger partial charge in [-0.25, -0.2) is 0 Å². The summed E-state index contributed by atoms with van der Waals surface area (Å²) in [5, 5.41) is 0. The number of nitrogens with two attached hydrogens (primary N) is 1. The van der Waals surface area contributed by atoms with Crippen molar-refractivity contribution in [1.82, 2.24) is 4.90 Å². The third kappa shape index (κ3) is 5.84. The largest absolute Gasteiger partial charge is 0.369 e. The van der Waals surface area contributed by atoms with Gasteiger partial charge in [0.05, 0.1) is 18.1 Å². The molecule has 2 N–H and O–H groups in total. The number of nitrogens with zero attached hydrogens (tertiary/aromatic N) is 2. The molecule has 1 fully saturated rings. The van der Waals surface area contributed by atoms with Crippen LogP contribution in [0.3, 0.4) is 0 Å². The monoisotopic (exact) mass is 367 g/mol. The molecule has 0 aromatic heterocycles. The van der Waals surface area contributed by atoms with Crippen molar-refractivity contribution in [3.63, 3.8) is 0 Å². The van der Waals surface area contributed by atoms with Crippen LogP contribution in [0.5, 0.6) is 0 Å². The Morgan fingerprint density at radius 3 is 2.60 bits per heavy atom. The number of sulfonamides is 1. The third-order valence-corrected chi connectivity index (χ3v) is 5.03. The summed E-state index contributed by atoms with van der Waals surface area (Å²) in [6, 6.07) is 6.47. The molecule has 138 valence electrons. The van der Waals surface area contributed by atoms with Crippen molar-refractivity contribution < 1.29 is 17.9 Å². The van der Waals surface area contributed by atoms with Crippen LogP contribution in [0.2, 0.25) is 0 Å². The molecule has 1 aromatic rings. The van der Waals surface area contributed by atoms with Crippen molar-refractivity contribution >= 4 is 16.0 Å². The average molecular weight is 367 g/mol. The molecule has 0 aliphatic carbocycles. The van der Waals surface area contributed by atoms with Gasteiger partial charge < -0.3 is 20.1 Å². The van der Waals surface area contributed by atoms with E-state index in [1.165, 1.54) is 12.1 Å². The van der Waals surface area contributed by atoms with Crippen LogP contribution in [0, 0.1) is 6.92 Å². The maximum atomic E-state index is 12.4. The standard InChI is InChI=1S/C17H25N3O4S/c1-3-10-20(11-9-16-23-12-4-13-24-16)17(18)19-25(21,22)15-7-5-14(2)6-8-15/h3,5-8,16H,1,4,9-13H2,2H3,(H2,18,19). The molecular formula is C17H25N3O4S. The first-order chi connectivity index (χ1) is 11.9. The lowest BCUT2D eigenvalue weighted by atomic mass is 10.2. The van der Waals surface area contributed by atoms with E-state index in [1.807, 2.05) is 6.92 Å². The van der Waals surface area contributed by atoms with Crippen LogP contribution < -0.4 is 5.73 Å². The Kier molecular flexibility index (Phi) is 6.98. The molecule has 0 amide bonds. The van der Waals surface area contributed by atoms with Crippen LogP contribution in [0.25, 0.3) is 0 Å². The number of benzene rings is 1. The van der Waals surface area contributed by atoms with Crippen molar-refractivity contribution in [1.29, 1.82) is 0 Å². The van der Waals surface area contributed by atoms with Gasteiger partial charge in [-0.2, -0.15) is 8.42 Å². The molecule has 1 aromatic carbocycles. The maximum absolute atomic E-state index is 12.4. The van der Waals surface area contributed by atoms with Crippen molar-refractivity contribution in [2.24, 2.45) is 10.1 Å². The van der Waals surface area contributed by atoms with Gasteiger partial charge in [0.1, 0.15) is 0 Å². The minimum atomic E-state index is -3.86. The predicted octanol–water partition coefficient (Wildman–Crippen LogP) is 1.64. The summed E-state index contributed by atoms with van der Waals surface area (Å²) in [5.41, 5.74) is 6.91. The van der Waals surface area contributed by atoms with Crippen LogP contribution in [0.15, 0.2) is 46.2 Å². The Bertz CT molecular complexity index is 695. The molecule has 0 atom stereocenters. The third-order valence-electron chi connectivity index (χ3n) is 3.74. The Morgan fingerprint density at radius 2 is 2.00 bits per heavy atom. The SMILES string of the molecule is C=CCN(CCC1OCCCO1)/C(N)=N/S(=O)(=O)c1ccc(C)cc1. The Hall–Kier alpha value is -1.90. The number of aryl methyl sites for hydroxylation is 1. The molecule has 1 heterocycles. The van der Waals surface area contributed by atoms with E-state index in [9.17, 15) is 8.42 Å². The molecule has 0 saturated carbocycles. The van der Waals surface area contributed by atoms with Crippen molar-refractivity contribution in [2.75, 3.05) is 26.3 Å². The summed E-state index contributed by atoms with van der Waals surface area (Å²) in [6.07, 6.45) is 2.78. The summed E-state index contributed by atoms with van der Waals surface area (Å²) >= 11 is 0. The van der Waals surface area contributed by atoms with Gasteiger partial charge in [-0.3, -0.25) is 0 Å². The smallest absolute Gasteiger partial charge is 0.285 e. The normalized spacial score (nSPS) is 16.6. The summed E-state index contributed by atoms with van der Waals surface area (Å²) in [6.45, 7) is 7.72. The van der Waals surface area contributed by atoms with Gasteiger partial charge in [0.25, 0.3) is 10.0 Å². The van der Waals surface area contributed by atoms with Gasteiger partial charge in [0.2, 0.25) is 5.96 Å². The fourth-order valence-electron chi connectivity index (χ4n) is 2.36. The van der Waals surface area contributed by atoms with E-state index in [2.05, 4.69) is 11.0 Å². The van der Waals surface area contributed by atoms with E-state index >= 15 is 0 Å². The summed E-state index contributed by atoms with van der Waals surface area (Å²) in [4.78, 5) is 1.75. The molecule has 8 heteroatoms. The lowest BCUT2D eigenvalue weighted by Gasteiger charge is -2.27. The predicted molar refractivity (Wildman–Crippen MR) is 96.7 cm³/mol. The molecule has 1 aliphatic rings. The first-order valence-corrected chi connectivity index (χ1v) is 9.62. The van der Waals surface area contributed by atoms with Gasteiger partial charge in [-0.05, 0) is 25.5 Å². The fourth-order valence-corrected chi connectivity index (χ4v) is 3.31. The van der Waals surface area contributed by atoms with Crippen LogP contribution in [-0.4, -0.2) is 51.9 Å². The molecule has 25 heavy (non-hydrogen) atoms. The summed E-state index contributed by atoms with van der Waals surface area (Å²) in [7, 11) is -3.86. The quantitative estimate of drug-likeness (QED) is 0.447. The van der Waals surface area contributed by atoms with Crippen LogP contribution in [-0.2, 0) is 19.5 Å². The van der Waals surface area contributed by atoms with Gasteiger partial charge in [-0.1, -0.05) is 23.8 Å². The Morgan fingerprint density at radius 1 is 1.36 bits per heavy atom. The second-order valence-corrected chi connectivity index (χ2v) is 7.39. The van der Waals surface area contributed by atoms with Crippen LogP contribution >= 0.6 is 0 Å². The Balaban J connectivity index is 2.08. The highest BCUT2D eigenvalue weighted by atomic mass is 32.2. The molecular weight excluding hydrogens is 342 g/mol. The Labute approximate surface area is 149 Å². The molecule has 2 rings (SSSR count). The van der Waals surface area contributed by atoms with Crippen LogP contribution in [0.4, 0.5) is 0 Å². The molecule has 1 saturated heterocycles. The van der Waals surface area contributed by atoms with Gasteiger partial charge in [-0.15, -0.1) is 11.0 Å². The topological polar surface area (TPSA) is 94.2 Å². The highest BCUT2D eigenvalue weighted by Crippen LogP contribution is 2.14. The number of hydrogen-bond donors (Lipinski definition) is 1. The second kappa shape index (κ2) is 8.98. The molecule has 7 nitrogen and oxygen atoms in total. The molecule has 0 radical (unpaired) electrons. The first kappa shape index (κ1) is 19.4. The van der Waals surface area contributed by atoms with E-state index in [1.54, 1.807) is 23.1 Å². The van der Waals surface area contributed by atoms with E-state index in [0.717, 1.165) is 12.0 Å². The fraction of sp³-hybridized carbons (Fsp3) is 0.471. The minimum absolute atomic E-state index is 0.0729. The summed E-state index contributed by atoms with van der Waals surface area (Å²) in [5.74, 6) is -0.0729. The van der Waals surface area contributed by atoms with Crippen molar-refractivity contribution in [2.45, 2.75) is 31.0 Å². The minimum Gasteiger partial charge on any atom is -0.369 e. The van der Waals surface area contributed by atoms with Gasteiger partial charge >= 0.3 is 0 Å². The van der Waals surface area contributed by atoms with E-state index in [4.69, 9.17) is 15.2 Å². The first-order valence-electron chi connectivity index (χ1n) is 8.18. The highest BCUT2D eigenvalue weighted by Gasteiger charge is 2.19. The average Bonchev–Trinajstić information content (AvgIpc) is 2.59. The second-order valence-electron chi connectivity index (χ2n) is 5.79. The van der Waals surface area contributed by atoms with Crippen LogP contribution in [0.1, 0.15) is 18.4 Å². The number of guanidine groups is 1. The number of ether oxygens (including phenoxy) is 2. The van der Waals surface area contributed by atoms with E-state index in [-0.39, 0.29) is 17.1 Å². The zero-order valence-electron chi connectivity index (χ0n) is 14.4. The number of hydrogen-bond acceptors (Lipinski definition) is 4. The zero-order chi connectivity index (χ0) is 18.3. The van der Waals surface area contributed by atoms with E-state index in [0.29, 0.717) is 32.7 Å². The van der Waals surface area contributed by atoms with Gasteiger partial charge in [0, 0.05) is 19.5 Å². The van der Waals surface area contributed by atoms with E-state index < -0.39 is 10.0 Å². The molecule has 0 spiro atoms. The van der Waals surface area contributed by atoms with Crippen molar-refractivity contribution in [3.8, 4) is 0 Å². The lowest BCUT2D eigenvalue weighted by molar-refractivity contribution is -0.181. The lowest BCUT2D eigenvalue weighted by Crippen LogP contribution is -2.40. The van der Waals surface area contributed by atoms with Crippen molar-refractivity contribution in [3.05, 3.63) is 42.5 Å². The van der Waals surface area contributed by atoms with Gasteiger partial charge in [0.15, 0.2) is 6.29 Å².